The van der Waals surface area contributed by atoms with Crippen molar-refractivity contribution in [3.8, 4) is 0 Å². The Bertz CT molecular complexity index is 535. The van der Waals surface area contributed by atoms with Gasteiger partial charge in [-0.1, -0.05) is 0 Å². The molecule has 19 heavy (non-hydrogen) atoms. The molecule has 1 unspecified atom stereocenters. The van der Waals surface area contributed by atoms with E-state index in [2.05, 4.69) is 4.98 Å². The lowest BCUT2D eigenvalue weighted by Gasteiger charge is -2.23. The molecule has 0 aromatic carbocycles. The monoisotopic (exact) mass is 267 g/mol. The van der Waals surface area contributed by atoms with Crippen molar-refractivity contribution in [1.29, 1.82) is 0 Å². The van der Waals surface area contributed by atoms with Crippen LogP contribution in [-0.2, 0) is 11.2 Å². The first-order valence-electron chi connectivity index (χ1n) is 6.19. The lowest BCUT2D eigenvalue weighted by atomic mass is 10.1. The van der Waals surface area contributed by atoms with E-state index in [0.29, 0.717) is 23.5 Å². The predicted octanol–water partition coefficient (Wildman–Crippen LogP) is 0.610. The van der Waals surface area contributed by atoms with Crippen molar-refractivity contribution in [3.63, 3.8) is 0 Å². The summed E-state index contributed by atoms with van der Waals surface area (Å²) in [6.45, 7) is 6.07. The number of aliphatic carboxylic acids is 1. The van der Waals surface area contributed by atoms with Crippen molar-refractivity contribution in [1.82, 2.24) is 14.5 Å². The molecule has 0 aliphatic rings. The number of carboxylic acid groups (broad SMARTS) is 1. The summed E-state index contributed by atoms with van der Waals surface area (Å²) in [4.78, 5) is 28.8. The van der Waals surface area contributed by atoms with Gasteiger partial charge in [0.1, 0.15) is 0 Å². The van der Waals surface area contributed by atoms with Gasteiger partial charge in [0.25, 0.3) is 0 Å². The molecule has 1 rings (SSSR count). The Labute approximate surface area is 112 Å². The highest BCUT2D eigenvalue weighted by Crippen LogP contribution is 2.14. The van der Waals surface area contributed by atoms with E-state index < -0.39 is 5.97 Å². The summed E-state index contributed by atoms with van der Waals surface area (Å²) >= 11 is 0. The molecule has 6 nitrogen and oxygen atoms in total. The van der Waals surface area contributed by atoms with Crippen LogP contribution in [0, 0.1) is 13.8 Å². The number of likely N-dealkylation sites (N-methyl/N-ethyl adjacent to an activating group) is 1. The molecule has 0 radical (unpaired) electrons. The maximum atomic E-state index is 12.0. The highest BCUT2D eigenvalue weighted by atomic mass is 16.4. The zero-order valence-electron chi connectivity index (χ0n) is 12.1. The Balaban J connectivity index is 3.32. The number of nitrogens with zero attached hydrogens (tertiary/aromatic N) is 3. The molecule has 6 heteroatoms. The standard InChI is InChI=1S/C13H21N3O3/c1-8(7-15(4)5)16-10(3)11(6-12(17)18)9(2)14-13(16)19/h8H,6-7H2,1-5H3,(H,17,18). The summed E-state index contributed by atoms with van der Waals surface area (Å²) in [5, 5.41) is 8.94. The summed E-state index contributed by atoms with van der Waals surface area (Å²) in [6, 6.07) is -0.0526. The van der Waals surface area contributed by atoms with Gasteiger partial charge in [-0.3, -0.25) is 9.36 Å². The Kier molecular flexibility index (Phi) is 4.83. The molecule has 106 valence electrons. The zero-order chi connectivity index (χ0) is 14.7. The van der Waals surface area contributed by atoms with Crippen molar-refractivity contribution >= 4 is 5.97 Å². The molecule has 1 heterocycles. The van der Waals surface area contributed by atoms with Crippen LogP contribution in [0.5, 0.6) is 0 Å². The van der Waals surface area contributed by atoms with Crippen LogP contribution in [0.25, 0.3) is 0 Å². The fourth-order valence-corrected chi connectivity index (χ4v) is 2.35. The second kappa shape index (κ2) is 5.97. The summed E-state index contributed by atoms with van der Waals surface area (Å²) in [7, 11) is 3.85. The first-order valence-corrected chi connectivity index (χ1v) is 6.19. The smallest absolute Gasteiger partial charge is 0.348 e. The number of carboxylic acids is 1. The van der Waals surface area contributed by atoms with Gasteiger partial charge >= 0.3 is 11.7 Å². The largest absolute Gasteiger partial charge is 0.481 e. The molecule has 1 N–H and O–H groups in total. The van der Waals surface area contributed by atoms with Crippen molar-refractivity contribution < 1.29 is 9.90 Å². The number of aryl methyl sites for hydroxylation is 1. The SMILES string of the molecule is Cc1nc(=O)n(C(C)CN(C)C)c(C)c1CC(=O)O. The van der Waals surface area contributed by atoms with E-state index in [1.165, 1.54) is 0 Å². The van der Waals surface area contributed by atoms with Crippen LogP contribution >= 0.6 is 0 Å². The second-order valence-electron chi connectivity index (χ2n) is 5.10. The lowest BCUT2D eigenvalue weighted by molar-refractivity contribution is -0.136. The van der Waals surface area contributed by atoms with Crippen LogP contribution in [-0.4, -0.2) is 46.2 Å². The first kappa shape index (κ1) is 15.4. The second-order valence-corrected chi connectivity index (χ2v) is 5.10. The molecule has 0 fully saturated rings. The van der Waals surface area contributed by atoms with Crippen LogP contribution in [0.2, 0.25) is 0 Å². The molecule has 0 saturated carbocycles. The zero-order valence-corrected chi connectivity index (χ0v) is 12.1. The predicted molar refractivity (Wildman–Crippen MR) is 72.6 cm³/mol. The van der Waals surface area contributed by atoms with Gasteiger partial charge in [0.2, 0.25) is 0 Å². The van der Waals surface area contributed by atoms with E-state index in [4.69, 9.17) is 5.11 Å². The average molecular weight is 267 g/mol. The minimum Gasteiger partial charge on any atom is -0.481 e. The summed E-state index contributed by atoms with van der Waals surface area (Å²) in [5.74, 6) is -0.918. The average Bonchev–Trinajstić information content (AvgIpc) is 2.22. The number of carbonyl (C=O) groups is 1. The van der Waals surface area contributed by atoms with Crippen LogP contribution in [0.4, 0.5) is 0 Å². The quantitative estimate of drug-likeness (QED) is 0.846. The fraction of sp³-hybridized carbons (Fsp3) is 0.615. The van der Waals surface area contributed by atoms with E-state index in [1.54, 1.807) is 18.4 Å². The van der Waals surface area contributed by atoms with Gasteiger partial charge in [-0.15, -0.1) is 0 Å². The molecule has 0 bridgehead atoms. The van der Waals surface area contributed by atoms with Crippen LogP contribution < -0.4 is 5.69 Å². The summed E-state index contributed by atoms with van der Waals surface area (Å²) in [6.07, 6.45) is -0.111. The van der Waals surface area contributed by atoms with Gasteiger partial charge < -0.3 is 10.0 Å². The molecule has 0 saturated heterocycles. The fourth-order valence-electron chi connectivity index (χ4n) is 2.35. The number of hydrogen-bond donors (Lipinski definition) is 1. The topological polar surface area (TPSA) is 75.4 Å². The van der Waals surface area contributed by atoms with Gasteiger partial charge in [0.15, 0.2) is 0 Å². The van der Waals surface area contributed by atoms with Crippen molar-refractivity contribution in [2.75, 3.05) is 20.6 Å². The summed E-state index contributed by atoms with van der Waals surface area (Å²) in [5.41, 5.74) is 1.49. The first-order chi connectivity index (χ1) is 8.73. The third-order valence-corrected chi connectivity index (χ3v) is 3.10. The van der Waals surface area contributed by atoms with Crippen molar-refractivity contribution in [2.24, 2.45) is 0 Å². The van der Waals surface area contributed by atoms with Gasteiger partial charge in [0.05, 0.1) is 6.42 Å². The molecular weight excluding hydrogens is 246 g/mol. The molecule has 0 amide bonds. The molecule has 1 aromatic rings. The third-order valence-electron chi connectivity index (χ3n) is 3.10. The Morgan fingerprint density at radius 2 is 2.00 bits per heavy atom. The van der Waals surface area contributed by atoms with E-state index in [-0.39, 0.29) is 18.2 Å². The maximum Gasteiger partial charge on any atom is 0.348 e. The molecule has 1 atom stereocenters. The highest BCUT2D eigenvalue weighted by molar-refractivity contribution is 5.70. The van der Waals surface area contributed by atoms with Crippen molar-refractivity contribution in [2.45, 2.75) is 33.2 Å². The summed E-state index contributed by atoms with van der Waals surface area (Å²) < 4.78 is 1.57. The molecule has 0 spiro atoms. The van der Waals surface area contributed by atoms with Crippen LogP contribution in [0.3, 0.4) is 0 Å². The molecule has 1 aromatic heterocycles. The third kappa shape index (κ3) is 3.64. The van der Waals surface area contributed by atoms with Gasteiger partial charge in [-0.05, 0) is 34.9 Å². The Morgan fingerprint density at radius 3 is 2.47 bits per heavy atom. The van der Waals surface area contributed by atoms with Crippen LogP contribution in [0.15, 0.2) is 4.79 Å². The van der Waals surface area contributed by atoms with E-state index >= 15 is 0 Å². The minimum atomic E-state index is -0.918. The highest BCUT2D eigenvalue weighted by Gasteiger charge is 2.17. The van der Waals surface area contributed by atoms with E-state index in [0.717, 1.165) is 0 Å². The van der Waals surface area contributed by atoms with E-state index in [1.807, 2.05) is 25.9 Å². The number of hydrogen-bond acceptors (Lipinski definition) is 4. The van der Waals surface area contributed by atoms with Crippen LogP contribution in [0.1, 0.15) is 29.9 Å². The normalized spacial score (nSPS) is 12.7. The van der Waals surface area contributed by atoms with E-state index in [9.17, 15) is 9.59 Å². The van der Waals surface area contributed by atoms with Gasteiger partial charge in [0, 0.05) is 29.5 Å². The minimum absolute atomic E-state index is 0.0526. The lowest BCUT2D eigenvalue weighted by Crippen LogP contribution is -2.34. The maximum absolute atomic E-state index is 12.0. The molecule has 0 aliphatic heterocycles. The van der Waals surface area contributed by atoms with Crippen molar-refractivity contribution in [3.05, 3.63) is 27.4 Å². The number of rotatable bonds is 5. The number of aromatic nitrogens is 2. The molecule has 0 aliphatic carbocycles. The Morgan fingerprint density at radius 1 is 1.42 bits per heavy atom. The van der Waals surface area contributed by atoms with Gasteiger partial charge in [-0.25, -0.2) is 4.79 Å². The van der Waals surface area contributed by atoms with Gasteiger partial charge in [-0.2, -0.15) is 4.98 Å². The Hall–Kier alpha value is -1.69. The molecular formula is C13H21N3O3.